The molecule has 3 aliphatic heterocycles. The Hall–Kier alpha value is -1.80. The summed E-state index contributed by atoms with van der Waals surface area (Å²) in [7, 11) is 0. The number of ether oxygens (including phenoxy) is 4. The molecule has 0 saturated carbocycles. The van der Waals surface area contributed by atoms with E-state index < -0.39 is 0 Å². The van der Waals surface area contributed by atoms with Crippen LogP contribution in [0.4, 0.5) is 0 Å². The third-order valence-electron chi connectivity index (χ3n) is 5.01. The summed E-state index contributed by atoms with van der Waals surface area (Å²) >= 11 is 0. The maximum atomic E-state index is 6.04. The van der Waals surface area contributed by atoms with Gasteiger partial charge in [0, 0.05) is 31.7 Å². The lowest BCUT2D eigenvalue weighted by atomic mass is 10.0. The van der Waals surface area contributed by atoms with E-state index in [1.165, 1.54) is 0 Å². The number of rotatable bonds is 7. The van der Waals surface area contributed by atoms with Gasteiger partial charge in [0.1, 0.15) is 12.3 Å². The molecule has 1 aromatic rings. The SMILES string of the molecule is CCCOc1cc(C2=CC3(CCOC3)ON2)ccc1OCN1CCOCC1. The minimum Gasteiger partial charge on any atom is -0.490 e. The lowest BCUT2D eigenvalue weighted by molar-refractivity contribution is -0.0373. The molecule has 0 aliphatic carbocycles. The number of nitrogens with zero attached hydrogens (tertiary/aromatic N) is 1. The summed E-state index contributed by atoms with van der Waals surface area (Å²) in [6.45, 7) is 7.89. The van der Waals surface area contributed by atoms with E-state index >= 15 is 0 Å². The summed E-state index contributed by atoms with van der Waals surface area (Å²) in [4.78, 5) is 8.02. The number of morpholine rings is 1. The quantitative estimate of drug-likeness (QED) is 0.783. The zero-order valence-electron chi connectivity index (χ0n) is 15.9. The molecule has 7 nitrogen and oxygen atoms in total. The van der Waals surface area contributed by atoms with Gasteiger partial charge < -0.3 is 18.9 Å². The van der Waals surface area contributed by atoms with E-state index in [1.807, 2.05) is 18.2 Å². The first kappa shape index (κ1) is 18.6. The van der Waals surface area contributed by atoms with Crippen LogP contribution in [0.15, 0.2) is 24.3 Å². The molecule has 1 spiro atoms. The molecule has 0 aromatic heterocycles. The van der Waals surface area contributed by atoms with Crippen LogP contribution in [0, 0.1) is 0 Å². The van der Waals surface area contributed by atoms with Gasteiger partial charge in [-0.3, -0.25) is 15.2 Å². The first-order chi connectivity index (χ1) is 13.3. The average Bonchev–Trinajstić information content (AvgIpc) is 3.36. The van der Waals surface area contributed by atoms with Crippen molar-refractivity contribution in [1.29, 1.82) is 0 Å². The maximum absolute atomic E-state index is 6.04. The van der Waals surface area contributed by atoms with Gasteiger partial charge in [-0.1, -0.05) is 6.92 Å². The molecule has 1 atom stereocenters. The van der Waals surface area contributed by atoms with E-state index in [1.54, 1.807) is 0 Å². The van der Waals surface area contributed by atoms with Gasteiger partial charge in [-0.05, 0) is 30.7 Å². The Balaban J connectivity index is 1.48. The van der Waals surface area contributed by atoms with Crippen LogP contribution in [0.5, 0.6) is 11.5 Å². The van der Waals surface area contributed by atoms with Gasteiger partial charge in [0.05, 0.1) is 32.1 Å². The maximum Gasteiger partial charge on any atom is 0.163 e. The van der Waals surface area contributed by atoms with Crippen LogP contribution in [0.25, 0.3) is 5.70 Å². The molecule has 1 unspecified atom stereocenters. The van der Waals surface area contributed by atoms with Crippen LogP contribution in [0.3, 0.4) is 0 Å². The third-order valence-corrected chi connectivity index (χ3v) is 5.01. The molecule has 3 aliphatic rings. The Labute approximate surface area is 160 Å². The van der Waals surface area contributed by atoms with Gasteiger partial charge in [0.25, 0.3) is 0 Å². The number of hydrogen-bond acceptors (Lipinski definition) is 7. The van der Waals surface area contributed by atoms with Crippen LogP contribution in [0.1, 0.15) is 25.3 Å². The number of hydroxylamine groups is 1. The monoisotopic (exact) mass is 376 g/mol. The summed E-state index contributed by atoms with van der Waals surface area (Å²) in [5.41, 5.74) is 4.68. The molecule has 148 valence electrons. The second-order valence-corrected chi connectivity index (χ2v) is 7.14. The molecular weight excluding hydrogens is 348 g/mol. The first-order valence-corrected chi connectivity index (χ1v) is 9.73. The van der Waals surface area contributed by atoms with Crippen LogP contribution >= 0.6 is 0 Å². The molecule has 2 saturated heterocycles. The predicted octanol–water partition coefficient (Wildman–Crippen LogP) is 2.18. The van der Waals surface area contributed by atoms with Gasteiger partial charge in [-0.15, -0.1) is 0 Å². The van der Waals surface area contributed by atoms with Crippen LogP contribution in [-0.2, 0) is 14.3 Å². The fourth-order valence-corrected chi connectivity index (χ4v) is 3.39. The molecule has 2 fully saturated rings. The van der Waals surface area contributed by atoms with Crippen LogP contribution < -0.4 is 15.0 Å². The standard InChI is InChI=1S/C20H28N2O5/c1-2-8-25-19-12-16(17-13-20(27-21-17)5-9-24-14-20)3-4-18(19)26-15-22-6-10-23-11-7-22/h3-4,12-13,21H,2,5-11,14-15H2,1H3. The molecule has 27 heavy (non-hydrogen) atoms. The van der Waals surface area contributed by atoms with Crippen molar-refractivity contribution >= 4 is 5.70 Å². The zero-order chi connectivity index (χ0) is 18.5. The summed E-state index contributed by atoms with van der Waals surface area (Å²) in [6, 6.07) is 6.02. The van der Waals surface area contributed by atoms with E-state index in [0.717, 1.165) is 68.5 Å². The minimum absolute atomic E-state index is 0.342. The minimum atomic E-state index is -0.342. The Bertz CT molecular complexity index is 666. The van der Waals surface area contributed by atoms with Gasteiger partial charge in [-0.25, -0.2) is 0 Å². The molecule has 1 aromatic carbocycles. The highest BCUT2D eigenvalue weighted by Gasteiger charge is 2.39. The molecule has 0 bridgehead atoms. The summed E-state index contributed by atoms with van der Waals surface area (Å²) in [5.74, 6) is 1.52. The normalized spacial score (nSPS) is 25.4. The van der Waals surface area contributed by atoms with Crippen LogP contribution in [0.2, 0.25) is 0 Å². The van der Waals surface area contributed by atoms with Crippen molar-refractivity contribution in [2.75, 3.05) is 52.9 Å². The molecule has 0 amide bonds. The van der Waals surface area contributed by atoms with E-state index in [-0.39, 0.29) is 5.60 Å². The van der Waals surface area contributed by atoms with Crippen molar-refractivity contribution in [3.8, 4) is 11.5 Å². The zero-order valence-corrected chi connectivity index (χ0v) is 15.9. The highest BCUT2D eigenvalue weighted by atomic mass is 16.7. The van der Waals surface area contributed by atoms with Crippen molar-refractivity contribution in [1.82, 2.24) is 10.4 Å². The molecule has 4 rings (SSSR count). The second kappa shape index (κ2) is 8.48. The Morgan fingerprint density at radius 3 is 2.78 bits per heavy atom. The Morgan fingerprint density at radius 2 is 2.00 bits per heavy atom. The fourth-order valence-electron chi connectivity index (χ4n) is 3.39. The van der Waals surface area contributed by atoms with Crippen molar-refractivity contribution in [3.05, 3.63) is 29.8 Å². The third kappa shape index (κ3) is 4.38. The summed E-state index contributed by atoms with van der Waals surface area (Å²) < 4.78 is 22.9. The second-order valence-electron chi connectivity index (χ2n) is 7.14. The molecule has 7 heteroatoms. The first-order valence-electron chi connectivity index (χ1n) is 9.73. The highest BCUT2D eigenvalue weighted by molar-refractivity contribution is 5.68. The van der Waals surface area contributed by atoms with Gasteiger partial charge in [-0.2, -0.15) is 0 Å². The fraction of sp³-hybridized carbons (Fsp3) is 0.600. The molecule has 1 N–H and O–H groups in total. The number of benzene rings is 1. The molecule has 3 heterocycles. The molecular formula is C20H28N2O5. The van der Waals surface area contributed by atoms with E-state index in [4.69, 9.17) is 23.8 Å². The Morgan fingerprint density at radius 1 is 1.11 bits per heavy atom. The number of hydrogen-bond donors (Lipinski definition) is 1. The van der Waals surface area contributed by atoms with Gasteiger partial charge in [0.15, 0.2) is 11.5 Å². The van der Waals surface area contributed by atoms with Crippen LogP contribution in [-0.4, -0.2) is 63.4 Å². The largest absolute Gasteiger partial charge is 0.490 e. The average molecular weight is 376 g/mol. The van der Waals surface area contributed by atoms with E-state index in [2.05, 4.69) is 23.4 Å². The van der Waals surface area contributed by atoms with Crippen molar-refractivity contribution in [3.63, 3.8) is 0 Å². The van der Waals surface area contributed by atoms with E-state index in [0.29, 0.717) is 19.9 Å². The number of nitrogens with one attached hydrogen (secondary N) is 1. The van der Waals surface area contributed by atoms with Gasteiger partial charge in [0.2, 0.25) is 0 Å². The highest BCUT2D eigenvalue weighted by Crippen LogP contribution is 2.36. The van der Waals surface area contributed by atoms with Crippen molar-refractivity contribution in [2.24, 2.45) is 0 Å². The lowest BCUT2D eigenvalue weighted by Crippen LogP contribution is -2.38. The van der Waals surface area contributed by atoms with Crippen molar-refractivity contribution in [2.45, 2.75) is 25.4 Å². The van der Waals surface area contributed by atoms with Crippen molar-refractivity contribution < 1.29 is 23.8 Å². The topological polar surface area (TPSA) is 61.4 Å². The Kier molecular flexibility index (Phi) is 5.83. The van der Waals surface area contributed by atoms with Gasteiger partial charge >= 0.3 is 0 Å². The summed E-state index contributed by atoms with van der Waals surface area (Å²) in [5, 5.41) is 0. The molecule has 0 radical (unpaired) electrons. The predicted molar refractivity (Wildman–Crippen MR) is 100 cm³/mol. The smallest absolute Gasteiger partial charge is 0.163 e. The van der Waals surface area contributed by atoms with E-state index in [9.17, 15) is 0 Å². The lowest BCUT2D eigenvalue weighted by Gasteiger charge is -2.26. The summed E-state index contributed by atoms with van der Waals surface area (Å²) in [6.07, 6.45) is 3.92.